The Bertz CT molecular complexity index is 240. The molecule has 1 aliphatic rings. The van der Waals surface area contributed by atoms with Crippen LogP contribution in [0.5, 0.6) is 0 Å². The molecule has 1 fully saturated rings. The van der Waals surface area contributed by atoms with Gasteiger partial charge in [0.1, 0.15) is 0 Å². The summed E-state index contributed by atoms with van der Waals surface area (Å²) in [7, 11) is 0. The Balaban J connectivity index is 1.87. The molecule has 1 aliphatic heterocycles. The Morgan fingerprint density at radius 3 is 2.05 bits per heavy atom. The van der Waals surface area contributed by atoms with Crippen LogP contribution < -0.4 is 0 Å². The molecule has 1 nitrogen and oxygen atoms in total. The number of rotatable bonds is 11. The Morgan fingerprint density at radius 2 is 1.40 bits per heavy atom. The summed E-state index contributed by atoms with van der Waals surface area (Å²) in [4.78, 5) is 3.71. The molecule has 0 saturated carbocycles. The number of thiocarbonyl (C=S) groups is 1. The van der Waals surface area contributed by atoms with Crippen LogP contribution >= 0.6 is 12.2 Å². The highest BCUT2D eigenvalue weighted by Crippen LogP contribution is 2.15. The van der Waals surface area contributed by atoms with Gasteiger partial charge in [-0.05, 0) is 25.7 Å². The average Bonchev–Trinajstić information content (AvgIpc) is 2.66. The predicted molar refractivity (Wildman–Crippen MR) is 94.5 cm³/mol. The van der Waals surface area contributed by atoms with Gasteiger partial charge in [-0.2, -0.15) is 0 Å². The van der Waals surface area contributed by atoms with Crippen LogP contribution in [0.3, 0.4) is 0 Å². The van der Waals surface area contributed by atoms with Gasteiger partial charge in [0.25, 0.3) is 0 Å². The van der Waals surface area contributed by atoms with Crippen LogP contribution in [0.15, 0.2) is 0 Å². The van der Waals surface area contributed by atoms with E-state index in [0.717, 1.165) is 6.42 Å². The molecule has 0 N–H and O–H groups in total. The van der Waals surface area contributed by atoms with Crippen LogP contribution in [0.1, 0.15) is 96.8 Å². The SMILES string of the molecule is CCCCCCCCCCCCN1CCCCCC1=S. The summed E-state index contributed by atoms with van der Waals surface area (Å²) in [6, 6.07) is 0. The maximum atomic E-state index is 5.51. The Morgan fingerprint density at radius 1 is 0.800 bits per heavy atom. The predicted octanol–water partition coefficient (Wildman–Crippen LogP) is 6.11. The minimum Gasteiger partial charge on any atom is -0.366 e. The molecule has 0 aromatic rings. The number of hydrogen-bond acceptors (Lipinski definition) is 1. The summed E-state index contributed by atoms with van der Waals surface area (Å²) in [5.41, 5.74) is 0. The minimum atomic E-state index is 1.16. The molecule has 1 rings (SSSR count). The van der Waals surface area contributed by atoms with Crippen molar-refractivity contribution in [1.29, 1.82) is 0 Å². The van der Waals surface area contributed by atoms with Gasteiger partial charge in [0.15, 0.2) is 0 Å². The highest BCUT2D eigenvalue weighted by Gasteiger charge is 2.12. The van der Waals surface area contributed by atoms with E-state index in [4.69, 9.17) is 12.2 Å². The summed E-state index contributed by atoms with van der Waals surface area (Å²) in [6.45, 7) is 4.72. The largest absolute Gasteiger partial charge is 0.366 e. The third-order valence-electron chi connectivity index (χ3n) is 4.45. The van der Waals surface area contributed by atoms with E-state index in [1.165, 1.54) is 102 Å². The van der Waals surface area contributed by atoms with Crippen LogP contribution in [0, 0.1) is 0 Å². The lowest BCUT2D eigenvalue weighted by molar-refractivity contribution is 0.401. The van der Waals surface area contributed by atoms with Gasteiger partial charge in [-0.3, -0.25) is 0 Å². The standard InChI is InChI=1S/C18H35NS/c1-2-3-4-5-6-7-8-9-10-13-16-19-17-14-11-12-15-18(19)20/h2-17H2,1H3. The molecule has 0 bridgehead atoms. The molecular weight excluding hydrogens is 262 g/mol. The molecule has 0 aromatic carbocycles. The fraction of sp³-hybridized carbons (Fsp3) is 0.944. The molecular formula is C18H35NS. The van der Waals surface area contributed by atoms with Crippen molar-refractivity contribution in [1.82, 2.24) is 4.90 Å². The lowest BCUT2D eigenvalue weighted by Crippen LogP contribution is -2.29. The molecule has 0 spiro atoms. The quantitative estimate of drug-likeness (QED) is 0.334. The summed E-state index contributed by atoms with van der Waals surface area (Å²) in [5, 5.41) is 0. The second-order valence-electron chi connectivity index (χ2n) is 6.37. The second kappa shape index (κ2) is 12.6. The lowest BCUT2D eigenvalue weighted by Gasteiger charge is -2.22. The van der Waals surface area contributed by atoms with E-state index >= 15 is 0 Å². The monoisotopic (exact) mass is 297 g/mol. The van der Waals surface area contributed by atoms with Crippen molar-refractivity contribution in [3.8, 4) is 0 Å². The summed E-state index contributed by atoms with van der Waals surface area (Å²) in [5.74, 6) is 0. The van der Waals surface area contributed by atoms with Gasteiger partial charge < -0.3 is 4.90 Å². The van der Waals surface area contributed by atoms with Gasteiger partial charge in [0.2, 0.25) is 0 Å². The van der Waals surface area contributed by atoms with Gasteiger partial charge in [-0.1, -0.05) is 83.3 Å². The normalized spacial score (nSPS) is 16.4. The van der Waals surface area contributed by atoms with Crippen LogP contribution in [-0.4, -0.2) is 23.0 Å². The molecule has 0 unspecified atom stereocenters. The van der Waals surface area contributed by atoms with Crippen molar-refractivity contribution in [2.45, 2.75) is 96.8 Å². The molecule has 118 valence electrons. The maximum Gasteiger partial charge on any atom is 0.0779 e. The summed E-state index contributed by atoms with van der Waals surface area (Å²) in [6.07, 6.45) is 19.4. The third kappa shape index (κ3) is 8.94. The molecule has 1 heterocycles. The van der Waals surface area contributed by atoms with Crippen molar-refractivity contribution in [3.05, 3.63) is 0 Å². The van der Waals surface area contributed by atoms with Crippen LogP contribution in [0.4, 0.5) is 0 Å². The zero-order valence-electron chi connectivity index (χ0n) is 13.7. The van der Waals surface area contributed by atoms with E-state index in [1.807, 2.05) is 0 Å². The van der Waals surface area contributed by atoms with Crippen molar-refractivity contribution >= 4 is 17.2 Å². The number of unbranched alkanes of at least 4 members (excludes halogenated alkanes) is 9. The first-order chi connectivity index (χ1) is 9.84. The topological polar surface area (TPSA) is 3.24 Å². The Kier molecular flexibility index (Phi) is 11.3. The summed E-state index contributed by atoms with van der Waals surface area (Å²) >= 11 is 5.51. The number of likely N-dealkylation sites (tertiary alicyclic amines) is 1. The third-order valence-corrected chi connectivity index (χ3v) is 4.92. The first-order valence-electron chi connectivity index (χ1n) is 9.12. The number of hydrogen-bond donors (Lipinski definition) is 0. The van der Waals surface area contributed by atoms with Crippen LogP contribution in [0.25, 0.3) is 0 Å². The molecule has 0 aliphatic carbocycles. The molecule has 0 amide bonds. The van der Waals surface area contributed by atoms with Crippen LogP contribution in [0.2, 0.25) is 0 Å². The van der Waals surface area contributed by atoms with E-state index < -0.39 is 0 Å². The van der Waals surface area contributed by atoms with Crippen molar-refractivity contribution in [2.75, 3.05) is 13.1 Å². The van der Waals surface area contributed by atoms with Gasteiger partial charge in [-0.15, -0.1) is 0 Å². The molecule has 0 atom stereocenters. The first kappa shape index (κ1) is 17.9. The van der Waals surface area contributed by atoms with E-state index in [-0.39, 0.29) is 0 Å². The van der Waals surface area contributed by atoms with E-state index in [1.54, 1.807) is 0 Å². The average molecular weight is 298 g/mol. The minimum absolute atomic E-state index is 1.16. The molecule has 20 heavy (non-hydrogen) atoms. The van der Waals surface area contributed by atoms with E-state index in [9.17, 15) is 0 Å². The smallest absolute Gasteiger partial charge is 0.0779 e. The number of nitrogens with zero attached hydrogens (tertiary/aromatic N) is 1. The van der Waals surface area contributed by atoms with Crippen molar-refractivity contribution < 1.29 is 0 Å². The fourth-order valence-electron chi connectivity index (χ4n) is 3.07. The zero-order valence-corrected chi connectivity index (χ0v) is 14.5. The zero-order chi connectivity index (χ0) is 14.5. The fourth-order valence-corrected chi connectivity index (χ4v) is 3.39. The van der Waals surface area contributed by atoms with Crippen molar-refractivity contribution in [3.63, 3.8) is 0 Å². The molecule has 0 radical (unpaired) electrons. The van der Waals surface area contributed by atoms with Gasteiger partial charge in [0.05, 0.1) is 4.99 Å². The molecule has 0 aromatic heterocycles. The maximum absolute atomic E-state index is 5.51. The highest BCUT2D eigenvalue weighted by molar-refractivity contribution is 7.80. The van der Waals surface area contributed by atoms with Gasteiger partial charge >= 0.3 is 0 Å². The van der Waals surface area contributed by atoms with Gasteiger partial charge in [-0.25, -0.2) is 0 Å². The Hall–Kier alpha value is -0.110. The highest BCUT2D eigenvalue weighted by atomic mass is 32.1. The van der Waals surface area contributed by atoms with Crippen LogP contribution in [-0.2, 0) is 0 Å². The first-order valence-corrected chi connectivity index (χ1v) is 9.53. The summed E-state index contributed by atoms with van der Waals surface area (Å²) < 4.78 is 0. The van der Waals surface area contributed by atoms with Crippen molar-refractivity contribution in [2.24, 2.45) is 0 Å². The Labute approximate surface area is 132 Å². The van der Waals surface area contributed by atoms with E-state index in [2.05, 4.69) is 11.8 Å². The molecule has 1 saturated heterocycles. The lowest BCUT2D eigenvalue weighted by atomic mass is 10.1. The second-order valence-corrected chi connectivity index (χ2v) is 6.84. The molecule has 2 heteroatoms. The van der Waals surface area contributed by atoms with Gasteiger partial charge in [0, 0.05) is 13.1 Å². The van der Waals surface area contributed by atoms with E-state index in [0.29, 0.717) is 0 Å².